The molecule has 1 aromatic rings. The van der Waals surface area contributed by atoms with Gasteiger partial charge in [-0.05, 0) is 50.1 Å². The van der Waals surface area contributed by atoms with E-state index >= 15 is 0 Å². The highest BCUT2D eigenvalue weighted by molar-refractivity contribution is 5.42. The van der Waals surface area contributed by atoms with Crippen LogP contribution in [-0.4, -0.2) is 32.9 Å². The van der Waals surface area contributed by atoms with Crippen molar-refractivity contribution in [2.75, 3.05) is 26.8 Å². The third-order valence-electron chi connectivity index (χ3n) is 3.03. The molecule has 1 rings (SSSR count). The quantitative estimate of drug-likeness (QED) is 0.808. The number of hydrogen-bond donors (Lipinski definition) is 1. The minimum absolute atomic E-state index is 0.0508. The van der Waals surface area contributed by atoms with Crippen molar-refractivity contribution in [2.24, 2.45) is 0 Å². The second kappa shape index (κ2) is 7.39. The first-order valence-corrected chi connectivity index (χ1v) is 6.52. The van der Waals surface area contributed by atoms with Crippen LogP contribution in [0.3, 0.4) is 0 Å². The molecule has 0 saturated carbocycles. The van der Waals surface area contributed by atoms with Crippen LogP contribution in [0.5, 0.6) is 5.75 Å². The van der Waals surface area contributed by atoms with Gasteiger partial charge in [-0.2, -0.15) is 0 Å². The fraction of sp³-hybridized carbons (Fsp3) is 0.600. The van der Waals surface area contributed by atoms with Gasteiger partial charge in [-0.3, -0.25) is 0 Å². The zero-order chi connectivity index (χ0) is 13.5. The highest BCUT2D eigenvalue weighted by atomic mass is 16.5. The molecule has 0 amide bonds. The van der Waals surface area contributed by atoms with Crippen molar-refractivity contribution >= 4 is 0 Å². The van der Waals surface area contributed by atoms with Gasteiger partial charge in [0.2, 0.25) is 0 Å². The van der Waals surface area contributed by atoms with Gasteiger partial charge in [0.1, 0.15) is 11.9 Å². The van der Waals surface area contributed by atoms with Crippen LogP contribution in [0.4, 0.5) is 0 Å². The summed E-state index contributed by atoms with van der Waals surface area (Å²) < 4.78 is 11.3. The van der Waals surface area contributed by atoms with E-state index in [1.165, 1.54) is 16.7 Å². The van der Waals surface area contributed by atoms with E-state index in [2.05, 4.69) is 45.1 Å². The number of ether oxygens (including phenoxy) is 2. The molecule has 0 aliphatic heterocycles. The molecule has 0 fully saturated rings. The normalized spacial score (nSPS) is 12.5. The molecule has 3 heteroatoms. The minimum Gasteiger partial charge on any atom is -0.486 e. The second-order valence-corrected chi connectivity index (χ2v) is 4.71. The van der Waals surface area contributed by atoms with Gasteiger partial charge in [0, 0.05) is 13.7 Å². The van der Waals surface area contributed by atoms with Crippen LogP contribution in [0.15, 0.2) is 12.1 Å². The maximum atomic E-state index is 6.06. The number of aryl methyl sites for hydroxylation is 2. The van der Waals surface area contributed by atoms with Gasteiger partial charge in [-0.1, -0.05) is 13.0 Å². The molecule has 102 valence electrons. The van der Waals surface area contributed by atoms with Crippen LogP contribution in [0.2, 0.25) is 0 Å². The van der Waals surface area contributed by atoms with Crippen LogP contribution in [-0.2, 0) is 4.74 Å². The molecule has 0 bridgehead atoms. The Morgan fingerprint density at radius 2 is 1.94 bits per heavy atom. The van der Waals surface area contributed by atoms with Crippen LogP contribution in [0, 0.1) is 20.8 Å². The molecule has 18 heavy (non-hydrogen) atoms. The Kier molecular flexibility index (Phi) is 6.16. The molecule has 1 unspecified atom stereocenters. The Morgan fingerprint density at radius 3 is 2.56 bits per heavy atom. The van der Waals surface area contributed by atoms with Gasteiger partial charge >= 0.3 is 0 Å². The van der Waals surface area contributed by atoms with Gasteiger partial charge in [0.25, 0.3) is 0 Å². The molecule has 1 aromatic carbocycles. The summed E-state index contributed by atoms with van der Waals surface area (Å²) >= 11 is 0. The standard InChI is InChI=1S/C15H25NO2/c1-6-16-9-14(10-17-5)18-15-8-11(2)7-12(3)13(15)4/h7-8,14,16H,6,9-10H2,1-5H3. The smallest absolute Gasteiger partial charge is 0.134 e. The first-order valence-electron chi connectivity index (χ1n) is 6.52. The average molecular weight is 251 g/mol. The zero-order valence-corrected chi connectivity index (χ0v) is 12.2. The lowest BCUT2D eigenvalue weighted by Crippen LogP contribution is -2.35. The van der Waals surface area contributed by atoms with Crippen molar-refractivity contribution in [3.8, 4) is 5.75 Å². The summed E-state index contributed by atoms with van der Waals surface area (Å²) in [5.41, 5.74) is 3.70. The molecule has 1 atom stereocenters. The number of rotatable bonds is 7. The molecule has 1 N–H and O–H groups in total. The van der Waals surface area contributed by atoms with Crippen LogP contribution < -0.4 is 10.1 Å². The van der Waals surface area contributed by atoms with E-state index in [-0.39, 0.29) is 6.10 Å². The number of nitrogens with one attached hydrogen (secondary N) is 1. The molecular weight excluding hydrogens is 226 g/mol. The maximum absolute atomic E-state index is 6.06. The third-order valence-corrected chi connectivity index (χ3v) is 3.03. The Labute approximate surface area is 110 Å². The van der Waals surface area contributed by atoms with E-state index in [0.717, 1.165) is 18.8 Å². The predicted octanol–water partition coefficient (Wildman–Crippen LogP) is 2.62. The van der Waals surface area contributed by atoms with E-state index in [0.29, 0.717) is 6.61 Å². The van der Waals surface area contributed by atoms with Crippen molar-refractivity contribution < 1.29 is 9.47 Å². The summed E-state index contributed by atoms with van der Waals surface area (Å²) in [5, 5.41) is 3.30. The number of benzene rings is 1. The predicted molar refractivity (Wildman–Crippen MR) is 75.5 cm³/mol. The molecule has 0 aliphatic rings. The first kappa shape index (κ1) is 15.0. The number of methoxy groups -OCH3 is 1. The molecule has 0 radical (unpaired) electrons. The Bertz CT molecular complexity index is 377. The van der Waals surface area contributed by atoms with Crippen molar-refractivity contribution in [3.63, 3.8) is 0 Å². The molecule has 0 heterocycles. The molecule has 3 nitrogen and oxygen atoms in total. The third kappa shape index (κ3) is 4.31. The van der Waals surface area contributed by atoms with Crippen molar-refractivity contribution in [1.29, 1.82) is 0 Å². The molecule has 0 saturated heterocycles. The SMILES string of the molecule is CCNCC(COC)Oc1cc(C)cc(C)c1C. The van der Waals surface area contributed by atoms with Crippen molar-refractivity contribution in [1.82, 2.24) is 5.32 Å². The fourth-order valence-electron chi connectivity index (χ4n) is 1.93. The summed E-state index contributed by atoms with van der Waals surface area (Å²) in [6.07, 6.45) is 0.0508. The van der Waals surface area contributed by atoms with E-state index in [4.69, 9.17) is 9.47 Å². The van der Waals surface area contributed by atoms with Crippen molar-refractivity contribution in [3.05, 3.63) is 28.8 Å². The Morgan fingerprint density at radius 1 is 1.22 bits per heavy atom. The lowest BCUT2D eigenvalue weighted by molar-refractivity contribution is 0.0804. The highest BCUT2D eigenvalue weighted by Crippen LogP contribution is 2.24. The van der Waals surface area contributed by atoms with Gasteiger partial charge < -0.3 is 14.8 Å². The minimum atomic E-state index is 0.0508. The van der Waals surface area contributed by atoms with Crippen molar-refractivity contribution in [2.45, 2.75) is 33.8 Å². The Balaban J connectivity index is 2.79. The molecular formula is C15H25NO2. The summed E-state index contributed by atoms with van der Waals surface area (Å²) in [6, 6.07) is 4.27. The topological polar surface area (TPSA) is 30.5 Å². The average Bonchev–Trinajstić information content (AvgIpc) is 2.32. The van der Waals surface area contributed by atoms with Crippen LogP contribution >= 0.6 is 0 Å². The maximum Gasteiger partial charge on any atom is 0.134 e. The number of hydrogen-bond acceptors (Lipinski definition) is 3. The van der Waals surface area contributed by atoms with Crippen LogP contribution in [0.25, 0.3) is 0 Å². The highest BCUT2D eigenvalue weighted by Gasteiger charge is 2.12. The van der Waals surface area contributed by atoms with Gasteiger partial charge in [0.15, 0.2) is 0 Å². The van der Waals surface area contributed by atoms with E-state index in [1.807, 2.05) is 0 Å². The van der Waals surface area contributed by atoms with E-state index < -0.39 is 0 Å². The number of likely N-dealkylation sites (N-methyl/N-ethyl adjacent to an activating group) is 1. The lowest BCUT2D eigenvalue weighted by atomic mass is 10.1. The van der Waals surface area contributed by atoms with Gasteiger partial charge in [0.05, 0.1) is 6.61 Å². The summed E-state index contributed by atoms with van der Waals surface area (Å²) in [5.74, 6) is 0.965. The van der Waals surface area contributed by atoms with Gasteiger partial charge in [-0.15, -0.1) is 0 Å². The molecule has 0 aromatic heterocycles. The largest absolute Gasteiger partial charge is 0.486 e. The van der Waals surface area contributed by atoms with E-state index in [1.54, 1.807) is 7.11 Å². The summed E-state index contributed by atoms with van der Waals surface area (Å²) in [7, 11) is 1.71. The first-order chi connectivity index (χ1) is 8.58. The fourth-order valence-corrected chi connectivity index (χ4v) is 1.93. The summed E-state index contributed by atoms with van der Waals surface area (Å²) in [4.78, 5) is 0. The molecule has 0 spiro atoms. The Hall–Kier alpha value is -1.06. The summed E-state index contributed by atoms with van der Waals surface area (Å²) in [6.45, 7) is 10.7. The zero-order valence-electron chi connectivity index (χ0n) is 12.2. The van der Waals surface area contributed by atoms with E-state index in [9.17, 15) is 0 Å². The van der Waals surface area contributed by atoms with Gasteiger partial charge in [-0.25, -0.2) is 0 Å². The molecule has 0 aliphatic carbocycles. The van der Waals surface area contributed by atoms with Crippen LogP contribution in [0.1, 0.15) is 23.6 Å². The second-order valence-electron chi connectivity index (χ2n) is 4.71. The lowest BCUT2D eigenvalue weighted by Gasteiger charge is -2.21. The monoisotopic (exact) mass is 251 g/mol.